The van der Waals surface area contributed by atoms with Gasteiger partial charge in [0.05, 0.1) is 10.3 Å². The second-order valence-corrected chi connectivity index (χ2v) is 12.5. The SMILES string of the molecule is CCC(=O)OCC(=O)[C@@]1(OC(=O)CC)[C@H](C)C[C@H]2[C@@H]3CCC4=CC(=O)C=C[C@]4(C)[C@@]3(Cl)[C@@H](Cl)C[C@@]21C. The summed E-state index contributed by atoms with van der Waals surface area (Å²) < 4.78 is 11.4. The number of carbonyl (C=O) groups excluding carboxylic acids is 4. The summed E-state index contributed by atoms with van der Waals surface area (Å²) >= 11 is 14.8. The Hall–Kier alpha value is -1.66. The van der Waals surface area contributed by atoms with Crippen LogP contribution in [-0.2, 0) is 28.7 Å². The van der Waals surface area contributed by atoms with Crippen LogP contribution in [-0.4, -0.2) is 46.0 Å². The summed E-state index contributed by atoms with van der Waals surface area (Å²) in [6, 6.07) is 0. The summed E-state index contributed by atoms with van der Waals surface area (Å²) in [4.78, 5) is 49.8. The molecule has 0 radical (unpaired) electrons. The van der Waals surface area contributed by atoms with Crippen molar-refractivity contribution in [1.29, 1.82) is 0 Å². The van der Waals surface area contributed by atoms with Gasteiger partial charge in [-0.1, -0.05) is 46.3 Å². The van der Waals surface area contributed by atoms with E-state index in [1.807, 2.05) is 19.9 Å². The van der Waals surface area contributed by atoms with E-state index >= 15 is 0 Å². The molecule has 0 unspecified atom stereocenters. The van der Waals surface area contributed by atoms with Crippen LogP contribution < -0.4 is 0 Å². The Morgan fingerprint density at radius 1 is 1.11 bits per heavy atom. The standard InChI is InChI=1S/C28H36Cl2O6/c1-6-23(33)35-15-22(32)28(36-24(34)7-2)16(3)12-20-19-9-8-17-13-18(31)10-11-25(17,4)27(19,30)21(29)14-26(20,28)5/h10-11,13,16,19-21H,6-9,12,14-15H2,1-5H3/t16-,19+,20+,21+,25+,26+,27+,28+/m1/s1. The molecule has 8 heteroatoms. The van der Waals surface area contributed by atoms with Crippen LogP contribution in [0, 0.1) is 28.6 Å². The first kappa shape index (κ1) is 27.4. The van der Waals surface area contributed by atoms with Crippen LogP contribution in [0.5, 0.6) is 0 Å². The Balaban J connectivity index is 1.80. The van der Waals surface area contributed by atoms with Gasteiger partial charge in [-0.25, -0.2) is 0 Å². The largest absolute Gasteiger partial charge is 0.457 e. The van der Waals surface area contributed by atoms with Crippen LogP contribution in [0.25, 0.3) is 0 Å². The minimum Gasteiger partial charge on any atom is -0.457 e. The lowest BCUT2D eigenvalue weighted by atomic mass is 9.46. The second kappa shape index (κ2) is 9.27. The monoisotopic (exact) mass is 538 g/mol. The first-order valence-corrected chi connectivity index (χ1v) is 13.8. The molecule has 8 atom stereocenters. The third-order valence-corrected chi connectivity index (χ3v) is 11.3. The van der Waals surface area contributed by atoms with Gasteiger partial charge in [0.15, 0.2) is 18.0 Å². The quantitative estimate of drug-likeness (QED) is 0.335. The highest BCUT2D eigenvalue weighted by atomic mass is 35.5. The highest BCUT2D eigenvalue weighted by molar-refractivity contribution is 6.34. The molecule has 36 heavy (non-hydrogen) atoms. The average Bonchev–Trinajstić information content (AvgIpc) is 3.05. The summed E-state index contributed by atoms with van der Waals surface area (Å²) in [5.74, 6) is -1.84. The van der Waals surface area contributed by atoms with Crippen LogP contribution in [0.15, 0.2) is 23.8 Å². The fraction of sp³-hybridized carbons (Fsp3) is 0.714. The zero-order valence-corrected chi connectivity index (χ0v) is 23.2. The molecule has 4 aliphatic carbocycles. The van der Waals surface area contributed by atoms with Crippen molar-refractivity contribution in [3.05, 3.63) is 23.8 Å². The molecule has 0 aromatic heterocycles. The van der Waals surface area contributed by atoms with Gasteiger partial charge in [-0.2, -0.15) is 0 Å². The number of esters is 2. The van der Waals surface area contributed by atoms with E-state index in [1.165, 1.54) is 0 Å². The number of alkyl halides is 2. The summed E-state index contributed by atoms with van der Waals surface area (Å²) in [6.45, 7) is 8.88. The van der Waals surface area contributed by atoms with Crippen molar-refractivity contribution < 1.29 is 28.7 Å². The number of fused-ring (bicyclic) bond motifs is 5. The van der Waals surface area contributed by atoms with Crippen molar-refractivity contribution in [3.8, 4) is 0 Å². The summed E-state index contributed by atoms with van der Waals surface area (Å²) in [6.07, 6.45) is 7.84. The van der Waals surface area contributed by atoms with E-state index in [0.717, 1.165) is 12.0 Å². The third-order valence-electron chi connectivity index (χ3n) is 9.77. The lowest BCUT2D eigenvalue weighted by molar-refractivity contribution is -0.196. The molecular formula is C28H36Cl2O6. The van der Waals surface area contributed by atoms with E-state index in [0.29, 0.717) is 19.3 Å². The number of rotatable bonds is 6. The third kappa shape index (κ3) is 3.57. The fourth-order valence-corrected chi connectivity index (χ4v) is 9.17. The smallest absolute Gasteiger partial charge is 0.306 e. The lowest BCUT2D eigenvalue weighted by Crippen LogP contribution is -2.68. The van der Waals surface area contributed by atoms with Crippen LogP contribution in [0.2, 0.25) is 0 Å². The van der Waals surface area contributed by atoms with Gasteiger partial charge >= 0.3 is 11.9 Å². The van der Waals surface area contributed by atoms with Gasteiger partial charge in [0.2, 0.25) is 5.78 Å². The van der Waals surface area contributed by atoms with Gasteiger partial charge in [-0.05, 0) is 49.7 Å². The Kier molecular flexibility index (Phi) is 7.05. The van der Waals surface area contributed by atoms with Crippen molar-refractivity contribution in [2.75, 3.05) is 6.61 Å². The number of hydrogen-bond donors (Lipinski definition) is 0. The van der Waals surface area contributed by atoms with Gasteiger partial charge in [0.1, 0.15) is 0 Å². The zero-order chi connectivity index (χ0) is 26.7. The number of allylic oxidation sites excluding steroid dienone is 4. The summed E-state index contributed by atoms with van der Waals surface area (Å²) in [5, 5.41) is -0.562. The molecular weight excluding hydrogens is 503 g/mol. The maximum absolute atomic E-state index is 13.9. The molecule has 4 aliphatic rings. The number of ketones is 2. The Morgan fingerprint density at radius 3 is 2.42 bits per heavy atom. The maximum Gasteiger partial charge on any atom is 0.306 e. The van der Waals surface area contributed by atoms with E-state index < -0.39 is 51.0 Å². The van der Waals surface area contributed by atoms with Gasteiger partial charge < -0.3 is 9.47 Å². The molecule has 6 nitrogen and oxygen atoms in total. The van der Waals surface area contributed by atoms with Gasteiger partial charge in [0, 0.05) is 29.6 Å². The Bertz CT molecular complexity index is 1050. The minimum atomic E-state index is -1.47. The van der Waals surface area contributed by atoms with Crippen molar-refractivity contribution in [1.82, 2.24) is 0 Å². The molecule has 0 bridgehead atoms. The van der Waals surface area contributed by atoms with Crippen molar-refractivity contribution in [3.63, 3.8) is 0 Å². The highest BCUT2D eigenvalue weighted by Gasteiger charge is 2.76. The summed E-state index contributed by atoms with van der Waals surface area (Å²) in [5.41, 5.74) is -1.88. The molecule has 198 valence electrons. The first-order valence-electron chi connectivity index (χ1n) is 13.0. The van der Waals surface area contributed by atoms with Crippen molar-refractivity contribution >= 4 is 46.7 Å². The van der Waals surface area contributed by atoms with Gasteiger partial charge in [-0.15, -0.1) is 23.2 Å². The molecule has 3 fully saturated rings. The van der Waals surface area contributed by atoms with Gasteiger partial charge in [-0.3, -0.25) is 19.2 Å². The van der Waals surface area contributed by atoms with Crippen LogP contribution in [0.4, 0.5) is 0 Å². The normalized spacial score (nSPS) is 43.1. The van der Waals surface area contributed by atoms with E-state index in [-0.39, 0.29) is 36.4 Å². The van der Waals surface area contributed by atoms with Crippen molar-refractivity contribution in [2.45, 2.75) is 89.0 Å². The number of Topliss-reactive ketones (excluding diaryl/α,β-unsaturated/α-hetero) is 1. The number of carbonyl (C=O) groups is 4. The second-order valence-electron chi connectivity index (χ2n) is 11.4. The van der Waals surface area contributed by atoms with E-state index in [9.17, 15) is 19.2 Å². The molecule has 0 spiro atoms. The predicted octanol–water partition coefficient (Wildman–Crippen LogP) is 5.33. The van der Waals surface area contributed by atoms with E-state index in [1.54, 1.807) is 26.0 Å². The molecule has 0 aliphatic heterocycles. The summed E-state index contributed by atoms with van der Waals surface area (Å²) in [7, 11) is 0. The first-order chi connectivity index (χ1) is 16.8. The molecule has 0 N–H and O–H groups in total. The number of ether oxygens (including phenoxy) is 2. The number of halogens is 2. The molecule has 0 heterocycles. The predicted molar refractivity (Wildman–Crippen MR) is 137 cm³/mol. The molecule has 0 saturated heterocycles. The highest BCUT2D eigenvalue weighted by Crippen LogP contribution is 2.73. The Morgan fingerprint density at radius 2 is 1.78 bits per heavy atom. The molecule has 0 amide bonds. The van der Waals surface area contributed by atoms with Crippen LogP contribution in [0.3, 0.4) is 0 Å². The Labute approximate surface area is 223 Å². The topological polar surface area (TPSA) is 86.7 Å². The van der Waals surface area contributed by atoms with E-state index in [4.69, 9.17) is 32.7 Å². The zero-order valence-electron chi connectivity index (χ0n) is 21.7. The van der Waals surface area contributed by atoms with Crippen LogP contribution in [0.1, 0.15) is 73.1 Å². The molecule has 0 aromatic rings. The van der Waals surface area contributed by atoms with Crippen molar-refractivity contribution in [2.24, 2.45) is 28.6 Å². The average molecular weight is 539 g/mol. The van der Waals surface area contributed by atoms with Crippen LogP contribution >= 0.6 is 23.2 Å². The molecule has 0 aromatic carbocycles. The minimum absolute atomic E-state index is 0.0415. The van der Waals surface area contributed by atoms with E-state index in [2.05, 4.69) is 6.92 Å². The lowest BCUT2D eigenvalue weighted by Gasteiger charge is -2.64. The fourth-order valence-electron chi connectivity index (χ4n) is 7.94. The molecule has 4 rings (SSSR count). The number of hydrogen-bond acceptors (Lipinski definition) is 6. The maximum atomic E-state index is 13.9. The molecule has 3 saturated carbocycles. The van der Waals surface area contributed by atoms with Gasteiger partial charge in [0.25, 0.3) is 0 Å².